The molecule has 1 aliphatic heterocycles. The molecule has 1 heterocycles. The predicted octanol–water partition coefficient (Wildman–Crippen LogP) is 3.79. The Morgan fingerprint density at radius 3 is 2.64 bits per heavy atom. The molecule has 6 heteroatoms. The molecule has 3 rings (SSSR count). The second-order valence-electron chi connectivity index (χ2n) is 5.79. The predicted molar refractivity (Wildman–Crippen MR) is 87.5 cm³/mol. The van der Waals surface area contributed by atoms with Gasteiger partial charge in [-0.2, -0.15) is 0 Å². The van der Waals surface area contributed by atoms with E-state index in [1.54, 1.807) is 18.2 Å². The van der Waals surface area contributed by atoms with E-state index in [1.807, 2.05) is 0 Å². The summed E-state index contributed by atoms with van der Waals surface area (Å²) in [5.74, 6) is 0.296. The van der Waals surface area contributed by atoms with Crippen molar-refractivity contribution in [3.8, 4) is 0 Å². The number of hydrogen-bond acceptors (Lipinski definition) is 3. The van der Waals surface area contributed by atoms with Crippen molar-refractivity contribution in [3.63, 3.8) is 0 Å². The maximum absolute atomic E-state index is 12.0. The van der Waals surface area contributed by atoms with Crippen molar-refractivity contribution < 1.29 is 9.63 Å². The first-order valence-corrected chi connectivity index (χ1v) is 8.35. The molecule has 1 fully saturated rings. The number of hydrogen-bond donors (Lipinski definition) is 1. The fraction of sp³-hybridized carbons (Fsp3) is 0.500. The summed E-state index contributed by atoms with van der Waals surface area (Å²) in [5, 5.41) is 8.17. The lowest BCUT2D eigenvalue weighted by Crippen LogP contribution is -2.35. The van der Waals surface area contributed by atoms with Crippen LogP contribution in [0, 0.1) is 5.92 Å². The van der Waals surface area contributed by atoms with Gasteiger partial charge in [-0.25, -0.2) is 0 Å². The Labute approximate surface area is 139 Å². The lowest BCUT2D eigenvalue weighted by atomic mass is 10.0. The molecule has 0 bridgehead atoms. The van der Waals surface area contributed by atoms with Crippen LogP contribution in [0.4, 0.5) is 0 Å². The van der Waals surface area contributed by atoms with Gasteiger partial charge in [-0.05, 0) is 25.0 Å². The van der Waals surface area contributed by atoms with Crippen molar-refractivity contribution in [3.05, 3.63) is 33.8 Å². The summed E-state index contributed by atoms with van der Waals surface area (Å²) in [6.45, 7) is 0.463. The fourth-order valence-corrected chi connectivity index (χ4v) is 3.62. The molecule has 0 radical (unpaired) electrons. The minimum absolute atomic E-state index is 0.130. The number of nitrogens with zero attached hydrogens (tertiary/aromatic N) is 1. The summed E-state index contributed by atoms with van der Waals surface area (Å²) in [6, 6.07) is 5.35. The fourth-order valence-electron chi connectivity index (χ4n) is 3.01. The van der Waals surface area contributed by atoms with Crippen molar-refractivity contribution in [1.82, 2.24) is 5.32 Å². The molecule has 22 heavy (non-hydrogen) atoms. The summed E-state index contributed by atoms with van der Waals surface area (Å²) in [7, 11) is 0. The van der Waals surface area contributed by atoms with E-state index in [0.717, 1.165) is 37.0 Å². The molecule has 4 nitrogen and oxygen atoms in total. The molecule has 1 aromatic rings. The monoisotopic (exact) mass is 340 g/mol. The molecule has 1 aliphatic carbocycles. The maximum Gasteiger partial charge on any atom is 0.223 e. The van der Waals surface area contributed by atoms with Gasteiger partial charge < -0.3 is 10.2 Å². The normalized spacial score (nSPS) is 21.5. The molecule has 0 spiro atoms. The van der Waals surface area contributed by atoms with Crippen molar-refractivity contribution in [2.24, 2.45) is 11.1 Å². The van der Waals surface area contributed by atoms with Crippen molar-refractivity contribution >= 4 is 34.8 Å². The first-order valence-electron chi connectivity index (χ1n) is 7.60. The van der Waals surface area contributed by atoms with Crippen LogP contribution in [0.1, 0.15) is 37.7 Å². The van der Waals surface area contributed by atoms with Crippen molar-refractivity contribution in [2.75, 3.05) is 6.54 Å². The second kappa shape index (κ2) is 6.88. The van der Waals surface area contributed by atoms with Gasteiger partial charge in [0.1, 0.15) is 6.10 Å². The number of oxime groups is 1. The lowest BCUT2D eigenvalue weighted by Gasteiger charge is -2.13. The molecule has 1 unspecified atom stereocenters. The van der Waals surface area contributed by atoms with Crippen LogP contribution in [0.15, 0.2) is 23.4 Å². The van der Waals surface area contributed by atoms with Gasteiger partial charge in [-0.1, -0.05) is 47.3 Å². The van der Waals surface area contributed by atoms with Crippen LogP contribution in [0.5, 0.6) is 0 Å². The van der Waals surface area contributed by atoms with Gasteiger partial charge in [0.25, 0.3) is 0 Å². The highest BCUT2D eigenvalue weighted by molar-refractivity contribution is 6.40. The van der Waals surface area contributed by atoms with E-state index in [4.69, 9.17) is 28.0 Å². The summed E-state index contributed by atoms with van der Waals surface area (Å²) in [5.41, 5.74) is 1.45. The summed E-state index contributed by atoms with van der Waals surface area (Å²) in [6.07, 6.45) is 4.72. The topological polar surface area (TPSA) is 50.7 Å². The average Bonchev–Trinajstić information content (AvgIpc) is 3.16. The molecule has 0 saturated heterocycles. The third-order valence-electron chi connectivity index (χ3n) is 4.21. The van der Waals surface area contributed by atoms with E-state index < -0.39 is 0 Å². The number of rotatable bonds is 4. The molecular formula is C16H18Cl2N2O2. The molecule has 2 aliphatic rings. The Morgan fingerprint density at radius 2 is 1.95 bits per heavy atom. The van der Waals surface area contributed by atoms with E-state index >= 15 is 0 Å². The Balaban J connectivity index is 1.54. The highest BCUT2D eigenvalue weighted by atomic mass is 35.5. The lowest BCUT2D eigenvalue weighted by molar-refractivity contribution is -0.125. The number of nitrogens with one attached hydrogen (secondary N) is 1. The second-order valence-corrected chi connectivity index (χ2v) is 6.61. The summed E-state index contributed by atoms with van der Waals surface area (Å²) in [4.78, 5) is 17.4. The SMILES string of the molecule is O=C(NCC1CC(c2c(Cl)cccc2Cl)=NO1)C1CCCC1. The number of benzene rings is 1. The summed E-state index contributed by atoms with van der Waals surface area (Å²) < 4.78 is 0. The van der Waals surface area contributed by atoms with Gasteiger partial charge in [0, 0.05) is 17.9 Å². The number of amides is 1. The summed E-state index contributed by atoms with van der Waals surface area (Å²) >= 11 is 12.4. The standard InChI is InChI=1S/C16H18Cl2N2O2/c17-12-6-3-7-13(18)15(12)14-8-11(22-20-14)9-19-16(21)10-4-1-2-5-10/h3,6-7,10-11H,1-2,4-5,8-9H2,(H,19,21). The third-order valence-corrected chi connectivity index (χ3v) is 4.84. The molecule has 1 N–H and O–H groups in total. The van der Waals surface area contributed by atoms with Crippen LogP contribution >= 0.6 is 23.2 Å². The van der Waals surface area contributed by atoms with Gasteiger partial charge in [0.2, 0.25) is 5.91 Å². The number of halogens is 2. The zero-order chi connectivity index (χ0) is 15.5. The Kier molecular flexibility index (Phi) is 4.89. The number of carbonyl (C=O) groups excluding carboxylic acids is 1. The quantitative estimate of drug-likeness (QED) is 0.906. The van der Waals surface area contributed by atoms with Crippen LogP contribution in [0.25, 0.3) is 0 Å². The average molecular weight is 341 g/mol. The van der Waals surface area contributed by atoms with Gasteiger partial charge >= 0.3 is 0 Å². The van der Waals surface area contributed by atoms with Crippen LogP contribution in [0.2, 0.25) is 10.0 Å². The minimum atomic E-state index is -0.160. The first kappa shape index (κ1) is 15.6. The largest absolute Gasteiger partial charge is 0.390 e. The van der Waals surface area contributed by atoms with E-state index in [9.17, 15) is 4.79 Å². The van der Waals surface area contributed by atoms with Crippen LogP contribution in [-0.2, 0) is 9.63 Å². The van der Waals surface area contributed by atoms with E-state index in [2.05, 4.69) is 10.5 Å². The smallest absolute Gasteiger partial charge is 0.223 e. The van der Waals surface area contributed by atoms with E-state index in [1.165, 1.54) is 0 Å². The Morgan fingerprint density at radius 1 is 1.27 bits per heavy atom. The molecular weight excluding hydrogens is 323 g/mol. The molecule has 1 amide bonds. The van der Waals surface area contributed by atoms with E-state index in [0.29, 0.717) is 23.0 Å². The maximum atomic E-state index is 12.0. The minimum Gasteiger partial charge on any atom is -0.390 e. The number of carbonyl (C=O) groups is 1. The van der Waals surface area contributed by atoms with Gasteiger partial charge in [-0.15, -0.1) is 0 Å². The Bertz CT molecular complexity index is 578. The highest BCUT2D eigenvalue weighted by Gasteiger charge is 2.27. The molecule has 0 aromatic heterocycles. The highest BCUT2D eigenvalue weighted by Crippen LogP contribution is 2.29. The zero-order valence-electron chi connectivity index (χ0n) is 12.1. The van der Waals surface area contributed by atoms with Gasteiger partial charge in [-0.3, -0.25) is 4.79 Å². The first-order chi connectivity index (χ1) is 10.6. The van der Waals surface area contributed by atoms with E-state index in [-0.39, 0.29) is 17.9 Å². The van der Waals surface area contributed by atoms with Crippen molar-refractivity contribution in [1.29, 1.82) is 0 Å². The molecule has 1 aromatic carbocycles. The van der Waals surface area contributed by atoms with Crippen LogP contribution < -0.4 is 5.32 Å². The Hall–Kier alpha value is -1.26. The van der Waals surface area contributed by atoms with Crippen molar-refractivity contribution in [2.45, 2.75) is 38.2 Å². The molecule has 1 saturated carbocycles. The zero-order valence-corrected chi connectivity index (χ0v) is 13.7. The van der Waals surface area contributed by atoms with Gasteiger partial charge in [0.05, 0.1) is 22.3 Å². The van der Waals surface area contributed by atoms with Gasteiger partial charge in [0.15, 0.2) is 0 Å². The van der Waals surface area contributed by atoms with Crippen LogP contribution in [0.3, 0.4) is 0 Å². The van der Waals surface area contributed by atoms with Crippen LogP contribution in [-0.4, -0.2) is 24.3 Å². The molecule has 1 atom stereocenters. The third kappa shape index (κ3) is 3.39. The molecule has 118 valence electrons.